The van der Waals surface area contributed by atoms with Crippen molar-refractivity contribution in [1.82, 2.24) is 4.98 Å². The molecule has 0 atom stereocenters. The first-order chi connectivity index (χ1) is 7.34. The van der Waals surface area contributed by atoms with Gasteiger partial charge in [0.25, 0.3) is 0 Å². The molecule has 0 unspecified atom stereocenters. The minimum atomic E-state index is 0.793. The quantitative estimate of drug-likeness (QED) is 0.527. The highest BCUT2D eigenvalue weighted by Crippen LogP contribution is 1.77. The second-order valence-corrected chi connectivity index (χ2v) is 2.88. The zero-order valence-corrected chi connectivity index (χ0v) is 8.80. The van der Waals surface area contributed by atoms with E-state index >= 15 is 0 Å². The van der Waals surface area contributed by atoms with Crippen molar-refractivity contribution in [2.45, 2.75) is 0 Å². The zero-order valence-electron chi connectivity index (χ0n) is 8.80. The highest BCUT2D eigenvalue weighted by atomic mass is 14.6. The predicted octanol–water partition coefficient (Wildman–Crippen LogP) is 1.09. The molecule has 0 aliphatic heterocycles. The van der Waals surface area contributed by atoms with Crippen molar-refractivity contribution in [2.75, 3.05) is 7.05 Å². The highest BCUT2D eigenvalue weighted by molar-refractivity contribution is 5.71. The van der Waals surface area contributed by atoms with Crippen LogP contribution in [-0.2, 0) is 0 Å². The molecule has 0 aliphatic carbocycles. The first-order valence-electron chi connectivity index (χ1n) is 4.70. The number of aliphatic imine (C=N–C) groups is 1. The summed E-state index contributed by atoms with van der Waals surface area (Å²) in [4.78, 5) is 7.92. The van der Waals surface area contributed by atoms with E-state index in [-0.39, 0.29) is 0 Å². The van der Waals surface area contributed by atoms with Gasteiger partial charge in [0.15, 0.2) is 0 Å². The van der Waals surface area contributed by atoms with Crippen LogP contribution in [-0.4, -0.2) is 18.2 Å². The molecule has 2 heteroatoms. The molecule has 1 heterocycles. The Morgan fingerprint density at radius 2 is 2.07 bits per heavy atom. The van der Waals surface area contributed by atoms with Crippen LogP contribution in [0.1, 0.15) is 0 Å². The normalized spacial score (nSPS) is 13.5. The van der Waals surface area contributed by atoms with Gasteiger partial charge in [-0.05, 0) is 17.4 Å². The highest BCUT2D eigenvalue weighted by Gasteiger charge is 1.77. The lowest BCUT2D eigenvalue weighted by Gasteiger charge is -1.84. The standard InChI is InChI=1S/C13H14N2/c1-12-13(9-7-11-15-12)8-5-3-4-6-10-14-2/h3-11H,1H2,2H3/b5-3+,6-4-,13-8-,14-10?. The van der Waals surface area contributed by atoms with E-state index in [2.05, 4.69) is 16.6 Å². The molecule has 0 aliphatic rings. The summed E-state index contributed by atoms with van der Waals surface area (Å²) >= 11 is 0. The largest absolute Gasteiger partial charge is 0.297 e. The van der Waals surface area contributed by atoms with Gasteiger partial charge in [0.2, 0.25) is 0 Å². The summed E-state index contributed by atoms with van der Waals surface area (Å²) in [5.41, 5.74) is 0. The Balaban J connectivity index is 2.74. The Labute approximate surface area is 89.7 Å². The van der Waals surface area contributed by atoms with Crippen LogP contribution in [0.15, 0.2) is 47.6 Å². The van der Waals surface area contributed by atoms with E-state index in [0.717, 1.165) is 10.6 Å². The third kappa shape index (κ3) is 4.18. The van der Waals surface area contributed by atoms with Crippen LogP contribution in [0.5, 0.6) is 0 Å². The van der Waals surface area contributed by atoms with Crippen molar-refractivity contribution in [1.29, 1.82) is 0 Å². The summed E-state index contributed by atoms with van der Waals surface area (Å²) < 4.78 is 0. The summed E-state index contributed by atoms with van der Waals surface area (Å²) in [6.45, 7) is 3.83. The number of hydrogen-bond donors (Lipinski definition) is 0. The maximum absolute atomic E-state index is 4.09. The first kappa shape index (κ1) is 11.1. The second kappa shape index (κ2) is 6.49. The lowest BCUT2D eigenvalue weighted by Crippen LogP contribution is -2.25. The van der Waals surface area contributed by atoms with Crippen LogP contribution in [0.3, 0.4) is 0 Å². The Hall–Kier alpha value is -1.96. The fourth-order valence-corrected chi connectivity index (χ4v) is 1.03. The number of allylic oxidation sites excluding steroid dienone is 4. The van der Waals surface area contributed by atoms with Crippen molar-refractivity contribution in [3.63, 3.8) is 0 Å². The third-order valence-electron chi connectivity index (χ3n) is 1.77. The lowest BCUT2D eigenvalue weighted by atomic mass is 10.3. The van der Waals surface area contributed by atoms with Gasteiger partial charge in [-0.15, -0.1) is 0 Å². The van der Waals surface area contributed by atoms with Crippen molar-refractivity contribution >= 4 is 18.9 Å². The number of pyridine rings is 1. The zero-order chi connectivity index (χ0) is 10.9. The molecule has 0 radical (unpaired) electrons. The molecule has 0 saturated heterocycles. The molecule has 76 valence electrons. The molecule has 0 amide bonds. The van der Waals surface area contributed by atoms with Crippen LogP contribution in [0, 0.1) is 0 Å². The fraction of sp³-hybridized carbons (Fsp3) is 0.0769. The summed E-state index contributed by atoms with van der Waals surface area (Å²) in [6, 6.07) is 3.88. The van der Waals surface area contributed by atoms with Crippen LogP contribution in [0.2, 0.25) is 0 Å². The average molecular weight is 198 g/mol. The number of rotatable bonds is 3. The van der Waals surface area contributed by atoms with E-state index in [0.29, 0.717) is 0 Å². The van der Waals surface area contributed by atoms with E-state index in [1.54, 1.807) is 19.5 Å². The average Bonchev–Trinajstić information content (AvgIpc) is 2.25. The van der Waals surface area contributed by atoms with Gasteiger partial charge < -0.3 is 0 Å². The predicted molar refractivity (Wildman–Crippen MR) is 66.2 cm³/mol. The molecule has 0 saturated carbocycles. The maximum Gasteiger partial charge on any atom is 0.0630 e. The van der Waals surface area contributed by atoms with Crippen molar-refractivity contribution in [3.05, 3.63) is 53.2 Å². The monoisotopic (exact) mass is 198 g/mol. The third-order valence-corrected chi connectivity index (χ3v) is 1.77. The molecule has 1 aromatic heterocycles. The number of nitrogens with zero attached hydrogens (tertiary/aromatic N) is 2. The molecule has 0 fully saturated rings. The molecule has 0 bridgehead atoms. The van der Waals surface area contributed by atoms with Crippen LogP contribution in [0.25, 0.3) is 12.7 Å². The summed E-state index contributed by atoms with van der Waals surface area (Å²) in [7, 11) is 1.74. The van der Waals surface area contributed by atoms with E-state index in [4.69, 9.17) is 0 Å². The van der Waals surface area contributed by atoms with Gasteiger partial charge in [0, 0.05) is 19.5 Å². The fourth-order valence-electron chi connectivity index (χ4n) is 1.03. The Bertz CT molecular complexity index is 482. The minimum Gasteiger partial charge on any atom is -0.297 e. The van der Waals surface area contributed by atoms with Gasteiger partial charge in [-0.25, -0.2) is 0 Å². The number of hydrogen-bond acceptors (Lipinski definition) is 2. The van der Waals surface area contributed by atoms with E-state index < -0.39 is 0 Å². The summed E-state index contributed by atoms with van der Waals surface area (Å²) in [5.74, 6) is 0. The van der Waals surface area contributed by atoms with E-state index in [1.807, 2.05) is 42.5 Å². The minimum absolute atomic E-state index is 0.793. The van der Waals surface area contributed by atoms with Crippen molar-refractivity contribution < 1.29 is 0 Å². The molecule has 1 aromatic rings. The maximum atomic E-state index is 4.09. The molecular weight excluding hydrogens is 184 g/mol. The Morgan fingerprint density at radius 1 is 1.27 bits per heavy atom. The molecular formula is C13H14N2. The lowest BCUT2D eigenvalue weighted by molar-refractivity contribution is 1.23. The van der Waals surface area contributed by atoms with Gasteiger partial charge in [-0.1, -0.05) is 36.9 Å². The van der Waals surface area contributed by atoms with Crippen LogP contribution in [0.4, 0.5) is 0 Å². The van der Waals surface area contributed by atoms with Crippen molar-refractivity contribution in [3.8, 4) is 0 Å². The molecule has 0 N–H and O–H groups in total. The Kier molecular flexibility index (Phi) is 4.81. The smallest absolute Gasteiger partial charge is 0.0630 e. The summed E-state index contributed by atoms with van der Waals surface area (Å²) in [6.07, 6.45) is 13.1. The van der Waals surface area contributed by atoms with Gasteiger partial charge in [-0.3, -0.25) is 9.98 Å². The molecule has 0 aromatic carbocycles. The van der Waals surface area contributed by atoms with Gasteiger partial charge >= 0.3 is 0 Å². The summed E-state index contributed by atoms with van der Waals surface area (Å²) in [5, 5.41) is 1.83. The second-order valence-electron chi connectivity index (χ2n) is 2.88. The van der Waals surface area contributed by atoms with Crippen LogP contribution >= 0.6 is 0 Å². The van der Waals surface area contributed by atoms with Gasteiger partial charge in [0.1, 0.15) is 0 Å². The van der Waals surface area contributed by atoms with Crippen LogP contribution < -0.4 is 10.6 Å². The van der Waals surface area contributed by atoms with Gasteiger partial charge in [0.05, 0.1) is 5.35 Å². The number of aromatic nitrogens is 1. The van der Waals surface area contributed by atoms with Gasteiger partial charge in [-0.2, -0.15) is 0 Å². The molecule has 0 spiro atoms. The molecule has 1 rings (SSSR count). The van der Waals surface area contributed by atoms with E-state index in [1.165, 1.54) is 0 Å². The van der Waals surface area contributed by atoms with E-state index in [9.17, 15) is 0 Å². The first-order valence-corrected chi connectivity index (χ1v) is 4.70. The SMILES string of the molecule is C=c1nccc/c1=C/C=C/C=C\C=NC. The Morgan fingerprint density at radius 3 is 2.80 bits per heavy atom. The van der Waals surface area contributed by atoms with Crippen molar-refractivity contribution in [2.24, 2.45) is 4.99 Å². The topological polar surface area (TPSA) is 25.2 Å². The molecule has 2 nitrogen and oxygen atoms in total. The molecule has 15 heavy (non-hydrogen) atoms.